The van der Waals surface area contributed by atoms with Crippen LogP contribution in [0.4, 0.5) is 4.79 Å². The molecule has 2 fully saturated rings. The fourth-order valence-electron chi connectivity index (χ4n) is 2.67. The summed E-state index contributed by atoms with van der Waals surface area (Å²) in [6.07, 6.45) is 1.64. The van der Waals surface area contributed by atoms with E-state index in [2.05, 4.69) is 0 Å². The van der Waals surface area contributed by atoms with Crippen LogP contribution in [0.5, 0.6) is 0 Å². The highest BCUT2D eigenvalue weighted by Gasteiger charge is 2.50. The molecule has 0 aromatic rings. The summed E-state index contributed by atoms with van der Waals surface area (Å²) in [5, 5.41) is 0. The molecule has 23 heavy (non-hydrogen) atoms. The van der Waals surface area contributed by atoms with Crippen LogP contribution in [0.15, 0.2) is 11.5 Å². The van der Waals surface area contributed by atoms with Crippen LogP contribution in [0.25, 0.3) is 0 Å². The van der Waals surface area contributed by atoms with Gasteiger partial charge in [-0.3, -0.25) is 0 Å². The van der Waals surface area contributed by atoms with Crippen molar-refractivity contribution in [1.29, 1.82) is 0 Å². The van der Waals surface area contributed by atoms with Gasteiger partial charge in [-0.2, -0.15) is 0 Å². The number of ether oxygens (including phenoxy) is 1. The van der Waals surface area contributed by atoms with Gasteiger partial charge in [0, 0.05) is 13.1 Å². The Bertz CT molecular complexity index is 477. The first-order valence-electron chi connectivity index (χ1n) is 8.43. The van der Waals surface area contributed by atoms with Crippen molar-refractivity contribution in [3.8, 4) is 0 Å². The molecule has 0 spiro atoms. The standard InChI is InChI=1S/C17H30BNO4/c1-15(2,3)21-14(20)19-10-8-9-13(12-19)11-18-22-16(4,5)17(6,7)23-18/h11H,8-10,12H2,1-7H3/b13-11-. The molecule has 2 saturated heterocycles. The highest BCUT2D eigenvalue weighted by molar-refractivity contribution is 6.51. The molecule has 0 radical (unpaired) electrons. The first-order chi connectivity index (χ1) is 10.4. The fraction of sp³-hybridized carbons (Fsp3) is 0.824. The zero-order valence-corrected chi connectivity index (χ0v) is 15.6. The quantitative estimate of drug-likeness (QED) is 0.692. The van der Waals surface area contributed by atoms with Crippen molar-refractivity contribution in [3.63, 3.8) is 0 Å². The van der Waals surface area contributed by atoms with Gasteiger partial charge in [-0.1, -0.05) is 11.5 Å². The van der Waals surface area contributed by atoms with Crippen LogP contribution in [0.1, 0.15) is 61.3 Å². The normalized spacial score (nSPS) is 25.8. The number of hydrogen-bond donors (Lipinski definition) is 0. The Labute approximate surface area is 140 Å². The van der Waals surface area contributed by atoms with E-state index >= 15 is 0 Å². The lowest BCUT2D eigenvalue weighted by Gasteiger charge is -2.32. The van der Waals surface area contributed by atoms with Gasteiger partial charge < -0.3 is 18.9 Å². The summed E-state index contributed by atoms with van der Waals surface area (Å²) in [5.74, 6) is 2.02. The third kappa shape index (κ3) is 4.51. The molecule has 0 unspecified atom stereocenters. The van der Waals surface area contributed by atoms with Crippen LogP contribution >= 0.6 is 0 Å². The summed E-state index contributed by atoms with van der Waals surface area (Å²) in [5.41, 5.74) is 0.0210. The van der Waals surface area contributed by atoms with Crippen LogP contribution in [0, 0.1) is 0 Å². The molecular weight excluding hydrogens is 293 g/mol. The minimum atomic E-state index is -0.468. The lowest BCUT2D eigenvalue weighted by atomic mass is 9.85. The lowest BCUT2D eigenvalue weighted by Crippen LogP contribution is -2.41. The Balaban J connectivity index is 2.00. The molecule has 2 heterocycles. The molecule has 2 aliphatic heterocycles. The number of rotatable bonds is 1. The van der Waals surface area contributed by atoms with E-state index < -0.39 is 5.60 Å². The molecule has 0 aromatic heterocycles. The molecule has 5 nitrogen and oxygen atoms in total. The zero-order valence-electron chi connectivity index (χ0n) is 15.6. The Morgan fingerprint density at radius 2 is 1.78 bits per heavy atom. The molecule has 2 aliphatic rings. The van der Waals surface area contributed by atoms with E-state index in [1.54, 1.807) is 4.90 Å². The minimum Gasteiger partial charge on any atom is -0.444 e. The predicted octanol–water partition coefficient (Wildman–Crippen LogP) is 3.58. The summed E-state index contributed by atoms with van der Waals surface area (Å²) >= 11 is 0. The summed E-state index contributed by atoms with van der Waals surface area (Å²) in [6.45, 7) is 15.1. The maximum atomic E-state index is 12.2. The Morgan fingerprint density at radius 1 is 1.22 bits per heavy atom. The molecule has 0 aliphatic carbocycles. The van der Waals surface area contributed by atoms with E-state index in [1.807, 2.05) is 54.4 Å². The highest BCUT2D eigenvalue weighted by Crippen LogP contribution is 2.37. The summed E-state index contributed by atoms with van der Waals surface area (Å²) in [4.78, 5) is 14.0. The number of hydrogen-bond acceptors (Lipinski definition) is 4. The third-order valence-electron chi connectivity index (χ3n) is 4.61. The zero-order chi connectivity index (χ0) is 17.5. The number of nitrogens with zero attached hydrogens (tertiary/aromatic N) is 1. The smallest absolute Gasteiger partial charge is 0.444 e. The second-order valence-corrected chi connectivity index (χ2v) is 8.46. The Kier molecular flexibility index (Phi) is 4.89. The van der Waals surface area contributed by atoms with Gasteiger partial charge in [-0.25, -0.2) is 4.79 Å². The van der Waals surface area contributed by atoms with Crippen molar-refractivity contribution in [3.05, 3.63) is 11.5 Å². The molecule has 0 bridgehead atoms. The van der Waals surface area contributed by atoms with Gasteiger partial charge in [0.25, 0.3) is 0 Å². The van der Waals surface area contributed by atoms with Crippen LogP contribution < -0.4 is 0 Å². The largest absolute Gasteiger partial charge is 0.487 e. The molecule has 0 aromatic carbocycles. The van der Waals surface area contributed by atoms with Gasteiger partial charge in [0.05, 0.1) is 11.2 Å². The number of likely N-dealkylation sites (tertiary alicyclic amines) is 1. The summed E-state index contributed by atoms with van der Waals surface area (Å²) in [6, 6.07) is 0. The van der Waals surface area contributed by atoms with Crippen molar-refractivity contribution < 1.29 is 18.8 Å². The van der Waals surface area contributed by atoms with E-state index in [4.69, 9.17) is 14.0 Å². The minimum absolute atomic E-state index is 0.253. The van der Waals surface area contributed by atoms with Crippen molar-refractivity contribution in [2.75, 3.05) is 13.1 Å². The SMILES string of the molecule is CC(C)(C)OC(=O)N1CCC/C(=C/B2OC(C)(C)C(C)(C)O2)C1. The topological polar surface area (TPSA) is 48.0 Å². The van der Waals surface area contributed by atoms with Crippen molar-refractivity contribution in [2.45, 2.75) is 78.1 Å². The first kappa shape index (κ1) is 18.3. The molecule has 1 amide bonds. The van der Waals surface area contributed by atoms with E-state index in [0.29, 0.717) is 6.54 Å². The second-order valence-electron chi connectivity index (χ2n) is 8.46. The van der Waals surface area contributed by atoms with Crippen LogP contribution in [-0.4, -0.2) is 48.0 Å². The lowest BCUT2D eigenvalue weighted by molar-refractivity contribution is 0.00578. The van der Waals surface area contributed by atoms with Crippen molar-refractivity contribution in [1.82, 2.24) is 4.90 Å². The molecule has 2 rings (SSSR count). The molecule has 6 heteroatoms. The Hall–Kier alpha value is -1.01. The second kappa shape index (κ2) is 6.13. The first-order valence-corrected chi connectivity index (χ1v) is 8.43. The third-order valence-corrected chi connectivity index (χ3v) is 4.61. The Morgan fingerprint density at radius 3 is 2.30 bits per heavy atom. The number of piperidine rings is 1. The van der Waals surface area contributed by atoms with Gasteiger partial charge in [-0.15, -0.1) is 0 Å². The predicted molar refractivity (Wildman–Crippen MR) is 91.2 cm³/mol. The van der Waals surface area contributed by atoms with E-state index in [9.17, 15) is 4.79 Å². The maximum absolute atomic E-state index is 12.2. The van der Waals surface area contributed by atoms with Gasteiger partial charge in [-0.05, 0) is 61.3 Å². The molecule has 0 atom stereocenters. The number of carbonyl (C=O) groups is 1. The molecule has 130 valence electrons. The van der Waals surface area contributed by atoms with Gasteiger partial charge in [0.2, 0.25) is 0 Å². The van der Waals surface area contributed by atoms with Gasteiger partial charge >= 0.3 is 13.2 Å². The monoisotopic (exact) mass is 323 g/mol. The summed E-state index contributed by atoms with van der Waals surface area (Å²) < 4.78 is 17.5. The van der Waals surface area contributed by atoms with E-state index in [0.717, 1.165) is 19.4 Å². The highest BCUT2D eigenvalue weighted by atomic mass is 16.7. The van der Waals surface area contributed by atoms with Gasteiger partial charge in [0.15, 0.2) is 0 Å². The van der Waals surface area contributed by atoms with E-state index in [-0.39, 0.29) is 24.4 Å². The van der Waals surface area contributed by atoms with E-state index in [1.165, 1.54) is 5.57 Å². The average Bonchev–Trinajstić information content (AvgIpc) is 2.55. The van der Waals surface area contributed by atoms with Crippen molar-refractivity contribution in [2.24, 2.45) is 0 Å². The maximum Gasteiger partial charge on any atom is 0.487 e. The number of amides is 1. The average molecular weight is 323 g/mol. The summed E-state index contributed by atoms with van der Waals surface area (Å²) in [7, 11) is -0.353. The number of carbonyl (C=O) groups excluding carboxylic acids is 1. The fourth-order valence-corrected chi connectivity index (χ4v) is 2.67. The molecule has 0 N–H and O–H groups in total. The molecular formula is C17H30BNO4. The van der Waals surface area contributed by atoms with Crippen LogP contribution in [0.3, 0.4) is 0 Å². The molecule has 0 saturated carbocycles. The van der Waals surface area contributed by atoms with Crippen molar-refractivity contribution >= 4 is 13.2 Å². The van der Waals surface area contributed by atoms with Gasteiger partial charge in [0.1, 0.15) is 5.60 Å². The van der Waals surface area contributed by atoms with Crippen LogP contribution in [0.2, 0.25) is 0 Å². The van der Waals surface area contributed by atoms with Crippen LogP contribution in [-0.2, 0) is 14.0 Å².